The molecule has 1 aliphatic rings. The molecule has 0 saturated carbocycles. The molecule has 1 fully saturated rings. The molecule has 1 N–H and O–H groups in total. The van der Waals surface area contributed by atoms with Crippen LogP contribution in [0, 0.1) is 20.8 Å². The van der Waals surface area contributed by atoms with Crippen molar-refractivity contribution in [2.75, 3.05) is 39.8 Å². The van der Waals surface area contributed by atoms with Gasteiger partial charge in [-0.05, 0) is 49.6 Å². The van der Waals surface area contributed by atoms with Gasteiger partial charge in [-0.1, -0.05) is 29.8 Å². The van der Waals surface area contributed by atoms with Gasteiger partial charge in [0.25, 0.3) is 0 Å². The summed E-state index contributed by atoms with van der Waals surface area (Å²) in [6, 6.07) is 11.4. The number of rotatable bonds is 7. The molecule has 2 aromatic rings. The molecule has 0 radical (unpaired) electrons. The van der Waals surface area contributed by atoms with E-state index < -0.39 is 10.0 Å². The zero-order valence-corrected chi connectivity index (χ0v) is 19.5. The van der Waals surface area contributed by atoms with E-state index in [2.05, 4.69) is 5.32 Å². The number of hydrogen-bond acceptors (Lipinski definition) is 5. The van der Waals surface area contributed by atoms with Gasteiger partial charge in [-0.25, -0.2) is 8.42 Å². The summed E-state index contributed by atoms with van der Waals surface area (Å²) < 4.78 is 33.1. The molecule has 0 unspecified atom stereocenters. The molecule has 1 aliphatic heterocycles. The number of carbonyl (C=O) groups excluding carboxylic acids is 1. The summed E-state index contributed by atoms with van der Waals surface area (Å²) in [6.45, 7) is 8.16. The summed E-state index contributed by atoms with van der Waals surface area (Å²) >= 11 is 0. The molecule has 1 amide bonds. The Balaban J connectivity index is 1.52. The van der Waals surface area contributed by atoms with Gasteiger partial charge in [0, 0.05) is 32.7 Å². The number of nitrogens with one attached hydrogen (secondary N) is 1. The van der Waals surface area contributed by atoms with Crippen LogP contribution < -0.4 is 10.1 Å². The van der Waals surface area contributed by atoms with Crippen LogP contribution >= 0.6 is 0 Å². The first kappa shape index (κ1) is 23.2. The van der Waals surface area contributed by atoms with Gasteiger partial charge in [0.05, 0.1) is 18.6 Å². The summed E-state index contributed by atoms with van der Waals surface area (Å²) in [6.07, 6.45) is 0. The maximum Gasteiger partial charge on any atom is 0.243 e. The molecule has 3 rings (SSSR count). The predicted molar refractivity (Wildman–Crippen MR) is 121 cm³/mol. The summed E-state index contributed by atoms with van der Waals surface area (Å²) in [4.78, 5) is 14.7. The number of amides is 1. The van der Waals surface area contributed by atoms with Crippen LogP contribution in [-0.2, 0) is 21.4 Å². The fourth-order valence-electron chi connectivity index (χ4n) is 4.03. The Kier molecular flexibility index (Phi) is 7.35. The predicted octanol–water partition coefficient (Wildman–Crippen LogP) is 2.24. The van der Waals surface area contributed by atoms with Gasteiger partial charge in [-0.3, -0.25) is 9.69 Å². The number of carbonyl (C=O) groups is 1. The quantitative estimate of drug-likeness (QED) is 0.707. The first-order valence-electron chi connectivity index (χ1n) is 10.4. The molecule has 0 bridgehead atoms. The highest BCUT2D eigenvalue weighted by atomic mass is 32.2. The van der Waals surface area contributed by atoms with Gasteiger partial charge in [0.1, 0.15) is 5.75 Å². The number of sulfonamides is 1. The van der Waals surface area contributed by atoms with E-state index in [9.17, 15) is 13.2 Å². The molecule has 31 heavy (non-hydrogen) atoms. The molecule has 168 valence electrons. The van der Waals surface area contributed by atoms with Crippen molar-refractivity contribution in [3.8, 4) is 5.75 Å². The zero-order chi connectivity index (χ0) is 22.6. The van der Waals surface area contributed by atoms with Crippen molar-refractivity contribution >= 4 is 15.9 Å². The lowest BCUT2D eigenvalue weighted by Gasteiger charge is -2.34. The summed E-state index contributed by atoms with van der Waals surface area (Å²) in [5.74, 6) is 0.705. The number of hydrogen-bond donors (Lipinski definition) is 1. The molecular formula is C23H31N3O4S. The monoisotopic (exact) mass is 445 g/mol. The third-order valence-corrected chi connectivity index (χ3v) is 7.75. The van der Waals surface area contributed by atoms with Crippen molar-refractivity contribution in [1.82, 2.24) is 14.5 Å². The van der Waals surface area contributed by atoms with E-state index in [1.807, 2.05) is 62.1 Å². The second kappa shape index (κ2) is 9.80. The van der Waals surface area contributed by atoms with Crippen LogP contribution in [0.3, 0.4) is 0 Å². The van der Waals surface area contributed by atoms with Crippen LogP contribution in [0.1, 0.15) is 22.3 Å². The minimum Gasteiger partial charge on any atom is -0.497 e. The normalized spacial score (nSPS) is 15.6. The minimum absolute atomic E-state index is 0.0719. The third-order valence-electron chi connectivity index (χ3n) is 5.55. The van der Waals surface area contributed by atoms with E-state index in [4.69, 9.17) is 4.74 Å². The van der Waals surface area contributed by atoms with E-state index in [-0.39, 0.29) is 12.5 Å². The molecule has 7 nitrogen and oxygen atoms in total. The van der Waals surface area contributed by atoms with Crippen molar-refractivity contribution in [2.24, 2.45) is 0 Å². The average molecular weight is 446 g/mol. The van der Waals surface area contributed by atoms with Crippen LogP contribution in [0.4, 0.5) is 0 Å². The Labute approximate surface area is 185 Å². The molecule has 2 aromatic carbocycles. The largest absolute Gasteiger partial charge is 0.497 e. The Morgan fingerprint density at radius 2 is 1.58 bits per heavy atom. The number of aryl methyl sites for hydroxylation is 3. The lowest BCUT2D eigenvalue weighted by Crippen LogP contribution is -2.51. The number of ether oxygens (including phenoxy) is 1. The molecule has 0 aliphatic carbocycles. The van der Waals surface area contributed by atoms with Crippen LogP contribution in [0.25, 0.3) is 0 Å². The number of nitrogens with zero attached hydrogens (tertiary/aromatic N) is 2. The van der Waals surface area contributed by atoms with E-state index >= 15 is 0 Å². The number of benzene rings is 2. The molecule has 0 spiro atoms. The van der Waals surface area contributed by atoms with Crippen molar-refractivity contribution in [1.29, 1.82) is 0 Å². The number of methoxy groups -OCH3 is 1. The Morgan fingerprint density at radius 3 is 2.13 bits per heavy atom. The topological polar surface area (TPSA) is 79.0 Å². The van der Waals surface area contributed by atoms with Gasteiger partial charge in [0.2, 0.25) is 15.9 Å². The molecular weight excluding hydrogens is 414 g/mol. The second-order valence-corrected chi connectivity index (χ2v) is 9.91. The molecule has 0 atom stereocenters. The van der Waals surface area contributed by atoms with E-state index in [1.165, 1.54) is 4.31 Å². The molecule has 1 saturated heterocycles. The smallest absolute Gasteiger partial charge is 0.243 e. The average Bonchev–Trinajstić information content (AvgIpc) is 2.72. The van der Waals surface area contributed by atoms with Crippen LogP contribution in [0.5, 0.6) is 5.75 Å². The number of piperazine rings is 1. The standard InChI is InChI=1S/C23H31N3O4S/c1-17-13-18(2)23(19(3)14-17)31(28,29)26-11-9-25(10-12-26)16-22(27)24-15-20-5-7-21(30-4)8-6-20/h5-8,13-14H,9-12,15-16H2,1-4H3,(H,24,27). The van der Waals surface area contributed by atoms with Gasteiger partial charge >= 0.3 is 0 Å². The maximum atomic E-state index is 13.2. The van der Waals surface area contributed by atoms with Crippen molar-refractivity contribution in [3.05, 3.63) is 58.7 Å². The highest BCUT2D eigenvalue weighted by Crippen LogP contribution is 2.26. The SMILES string of the molecule is COc1ccc(CNC(=O)CN2CCN(S(=O)(=O)c3c(C)cc(C)cc3C)CC2)cc1. The van der Waals surface area contributed by atoms with Crippen LogP contribution in [0.2, 0.25) is 0 Å². The van der Waals surface area contributed by atoms with Crippen molar-refractivity contribution < 1.29 is 17.9 Å². The van der Waals surface area contributed by atoms with Crippen molar-refractivity contribution in [2.45, 2.75) is 32.2 Å². The zero-order valence-electron chi connectivity index (χ0n) is 18.6. The van der Waals surface area contributed by atoms with Gasteiger partial charge in [0.15, 0.2) is 0 Å². The first-order valence-corrected chi connectivity index (χ1v) is 11.8. The summed E-state index contributed by atoms with van der Waals surface area (Å²) in [5.41, 5.74) is 3.60. The second-order valence-electron chi connectivity index (χ2n) is 8.03. The van der Waals surface area contributed by atoms with Gasteiger partial charge < -0.3 is 10.1 Å². The summed E-state index contributed by atoms with van der Waals surface area (Å²) in [7, 11) is -1.93. The lowest BCUT2D eigenvalue weighted by atomic mass is 10.1. The lowest BCUT2D eigenvalue weighted by molar-refractivity contribution is -0.122. The Bertz CT molecular complexity index is 1000. The first-order chi connectivity index (χ1) is 14.7. The highest BCUT2D eigenvalue weighted by Gasteiger charge is 2.31. The minimum atomic E-state index is -3.55. The maximum absolute atomic E-state index is 13.2. The van der Waals surface area contributed by atoms with Crippen LogP contribution in [0.15, 0.2) is 41.3 Å². The fourth-order valence-corrected chi connectivity index (χ4v) is 5.87. The summed E-state index contributed by atoms with van der Waals surface area (Å²) in [5, 5.41) is 2.92. The third kappa shape index (κ3) is 5.64. The molecule has 8 heteroatoms. The molecule has 1 heterocycles. The van der Waals surface area contributed by atoms with Crippen LogP contribution in [-0.4, -0.2) is 63.4 Å². The molecule has 0 aromatic heterocycles. The Hall–Kier alpha value is -2.42. The highest BCUT2D eigenvalue weighted by molar-refractivity contribution is 7.89. The van der Waals surface area contributed by atoms with E-state index in [1.54, 1.807) is 7.11 Å². The van der Waals surface area contributed by atoms with Gasteiger partial charge in [-0.2, -0.15) is 4.31 Å². The Morgan fingerprint density at radius 1 is 1.00 bits per heavy atom. The van der Waals surface area contributed by atoms with E-state index in [0.717, 1.165) is 28.0 Å². The fraction of sp³-hybridized carbons (Fsp3) is 0.435. The van der Waals surface area contributed by atoms with Gasteiger partial charge in [-0.15, -0.1) is 0 Å². The van der Waals surface area contributed by atoms with E-state index in [0.29, 0.717) is 37.6 Å². The van der Waals surface area contributed by atoms with Crippen molar-refractivity contribution in [3.63, 3.8) is 0 Å².